The predicted octanol–water partition coefficient (Wildman–Crippen LogP) is 3.72. The van der Waals surface area contributed by atoms with Gasteiger partial charge >= 0.3 is 0 Å². The Morgan fingerprint density at radius 2 is 1.85 bits per heavy atom. The summed E-state index contributed by atoms with van der Waals surface area (Å²) in [5, 5.41) is 9.55. The SMILES string of the molecule is CCNC(=O)c1ccc(CNC(=NC)NC(C)Cc2ccc(C)s2)cc1.I. The number of nitrogens with zero attached hydrogens (tertiary/aromatic N) is 1. The van der Waals surface area contributed by atoms with E-state index in [9.17, 15) is 4.79 Å². The van der Waals surface area contributed by atoms with E-state index < -0.39 is 0 Å². The molecule has 7 heteroatoms. The zero-order valence-electron chi connectivity index (χ0n) is 16.3. The van der Waals surface area contributed by atoms with Crippen LogP contribution in [-0.2, 0) is 13.0 Å². The minimum atomic E-state index is -0.0397. The molecule has 0 radical (unpaired) electrons. The van der Waals surface area contributed by atoms with E-state index in [2.05, 4.69) is 46.9 Å². The third-order valence-electron chi connectivity index (χ3n) is 3.92. The lowest BCUT2D eigenvalue weighted by molar-refractivity contribution is 0.0956. The molecule has 1 unspecified atom stereocenters. The normalized spacial score (nSPS) is 12.1. The van der Waals surface area contributed by atoms with E-state index in [4.69, 9.17) is 0 Å². The summed E-state index contributed by atoms with van der Waals surface area (Å²) in [6, 6.07) is 12.2. The monoisotopic (exact) mass is 500 g/mol. The summed E-state index contributed by atoms with van der Waals surface area (Å²) in [6.07, 6.45) is 0.973. The Labute approximate surface area is 183 Å². The van der Waals surface area contributed by atoms with Gasteiger partial charge in [0.2, 0.25) is 0 Å². The van der Waals surface area contributed by atoms with Gasteiger partial charge < -0.3 is 16.0 Å². The second kappa shape index (κ2) is 12.0. The molecule has 0 saturated carbocycles. The van der Waals surface area contributed by atoms with Crippen molar-refractivity contribution in [1.29, 1.82) is 0 Å². The van der Waals surface area contributed by atoms with E-state index in [1.54, 1.807) is 7.05 Å². The van der Waals surface area contributed by atoms with E-state index in [0.29, 0.717) is 24.7 Å². The molecule has 0 fully saturated rings. The third-order valence-corrected chi connectivity index (χ3v) is 4.95. The fourth-order valence-electron chi connectivity index (χ4n) is 2.60. The average Bonchev–Trinajstić information content (AvgIpc) is 3.03. The Kier molecular flexibility index (Phi) is 10.4. The number of guanidine groups is 1. The van der Waals surface area contributed by atoms with Gasteiger partial charge in [-0.2, -0.15) is 0 Å². The number of halogens is 1. The fraction of sp³-hybridized carbons (Fsp3) is 0.400. The first-order chi connectivity index (χ1) is 12.5. The highest BCUT2D eigenvalue weighted by Crippen LogP contribution is 2.16. The van der Waals surface area contributed by atoms with Crippen LogP contribution in [0.3, 0.4) is 0 Å². The fourth-order valence-corrected chi connectivity index (χ4v) is 3.62. The van der Waals surface area contributed by atoms with Crippen LogP contribution in [0, 0.1) is 6.92 Å². The van der Waals surface area contributed by atoms with Gasteiger partial charge in [-0.05, 0) is 50.6 Å². The van der Waals surface area contributed by atoms with Gasteiger partial charge in [-0.15, -0.1) is 35.3 Å². The van der Waals surface area contributed by atoms with Crippen LogP contribution in [0.25, 0.3) is 0 Å². The Bertz CT molecular complexity index is 743. The lowest BCUT2D eigenvalue weighted by Crippen LogP contribution is -2.42. The van der Waals surface area contributed by atoms with Crippen molar-refractivity contribution in [3.63, 3.8) is 0 Å². The molecule has 1 aromatic carbocycles. The van der Waals surface area contributed by atoms with E-state index in [1.165, 1.54) is 9.75 Å². The van der Waals surface area contributed by atoms with E-state index >= 15 is 0 Å². The highest BCUT2D eigenvalue weighted by atomic mass is 127. The molecule has 0 bridgehead atoms. The minimum Gasteiger partial charge on any atom is -0.354 e. The van der Waals surface area contributed by atoms with Gasteiger partial charge in [0.25, 0.3) is 5.91 Å². The Balaban J connectivity index is 0.00000364. The maximum atomic E-state index is 11.8. The second-order valence-electron chi connectivity index (χ2n) is 6.24. The molecule has 0 saturated heterocycles. The minimum absolute atomic E-state index is 0. The van der Waals surface area contributed by atoms with Crippen molar-refractivity contribution in [2.75, 3.05) is 13.6 Å². The van der Waals surface area contributed by atoms with Gasteiger partial charge in [0.1, 0.15) is 0 Å². The zero-order chi connectivity index (χ0) is 18.9. The number of nitrogens with one attached hydrogen (secondary N) is 3. The predicted molar refractivity (Wildman–Crippen MR) is 125 cm³/mol. The Morgan fingerprint density at radius 3 is 2.41 bits per heavy atom. The molecule has 1 aromatic heterocycles. The lowest BCUT2D eigenvalue weighted by atomic mass is 10.1. The quantitative estimate of drug-likeness (QED) is 0.309. The number of carbonyl (C=O) groups is 1. The van der Waals surface area contributed by atoms with Crippen LogP contribution in [0.4, 0.5) is 0 Å². The first kappa shape index (κ1) is 23.4. The molecule has 1 amide bonds. The summed E-state index contributed by atoms with van der Waals surface area (Å²) in [7, 11) is 1.77. The second-order valence-corrected chi connectivity index (χ2v) is 7.62. The third kappa shape index (κ3) is 7.88. The number of hydrogen-bond acceptors (Lipinski definition) is 3. The molecule has 0 spiro atoms. The Morgan fingerprint density at radius 1 is 1.15 bits per heavy atom. The number of carbonyl (C=O) groups excluding carboxylic acids is 1. The van der Waals surface area contributed by atoms with Crippen molar-refractivity contribution in [1.82, 2.24) is 16.0 Å². The van der Waals surface area contributed by atoms with Crippen molar-refractivity contribution in [3.05, 3.63) is 57.3 Å². The molecule has 148 valence electrons. The summed E-state index contributed by atoms with van der Waals surface area (Å²) < 4.78 is 0. The highest BCUT2D eigenvalue weighted by Gasteiger charge is 2.08. The lowest BCUT2D eigenvalue weighted by Gasteiger charge is -2.17. The van der Waals surface area contributed by atoms with E-state index in [0.717, 1.165) is 17.9 Å². The summed E-state index contributed by atoms with van der Waals surface area (Å²) in [6.45, 7) is 7.48. The molecule has 2 aromatic rings. The van der Waals surface area contributed by atoms with Gasteiger partial charge in [0.15, 0.2) is 5.96 Å². The smallest absolute Gasteiger partial charge is 0.251 e. The molecule has 1 heterocycles. The number of aryl methyl sites for hydroxylation is 1. The molecule has 5 nitrogen and oxygen atoms in total. The first-order valence-electron chi connectivity index (χ1n) is 8.91. The van der Waals surface area contributed by atoms with Gasteiger partial charge in [-0.3, -0.25) is 9.79 Å². The number of aliphatic imine (C=N–C) groups is 1. The standard InChI is InChI=1S/C20H28N4OS.HI/c1-5-22-19(25)17-9-7-16(8-10-17)13-23-20(21-4)24-14(2)12-18-11-6-15(3)26-18;/h6-11,14H,5,12-13H2,1-4H3,(H,22,25)(H2,21,23,24);1H. The zero-order valence-corrected chi connectivity index (χ0v) is 19.5. The largest absolute Gasteiger partial charge is 0.354 e. The number of amides is 1. The van der Waals surface area contributed by atoms with Crippen molar-refractivity contribution in [2.24, 2.45) is 4.99 Å². The summed E-state index contributed by atoms with van der Waals surface area (Å²) in [4.78, 5) is 18.8. The molecule has 0 aliphatic rings. The maximum absolute atomic E-state index is 11.8. The number of hydrogen-bond donors (Lipinski definition) is 3. The van der Waals surface area contributed by atoms with Crippen molar-refractivity contribution >= 4 is 47.2 Å². The molecule has 0 aliphatic carbocycles. The Hall–Kier alpha value is -1.61. The molecular formula is C20H29IN4OS. The molecule has 27 heavy (non-hydrogen) atoms. The number of thiophene rings is 1. The van der Waals surface area contributed by atoms with Crippen LogP contribution in [0.5, 0.6) is 0 Å². The van der Waals surface area contributed by atoms with Gasteiger partial charge in [-0.25, -0.2) is 0 Å². The van der Waals surface area contributed by atoms with Crippen LogP contribution < -0.4 is 16.0 Å². The van der Waals surface area contributed by atoms with Crippen LogP contribution in [0.1, 0.15) is 39.5 Å². The average molecular weight is 500 g/mol. The summed E-state index contributed by atoms with van der Waals surface area (Å²) >= 11 is 1.84. The number of benzene rings is 1. The topological polar surface area (TPSA) is 65.5 Å². The van der Waals surface area contributed by atoms with Gasteiger partial charge in [-0.1, -0.05) is 12.1 Å². The molecule has 2 rings (SSSR count). The van der Waals surface area contributed by atoms with E-state index in [-0.39, 0.29) is 29.9 Å². The van der Waals surface area contributed by atoms with Crippen LogP contribution >= 0.6 is 35.3 Å². The van der Waals surface area contributed by atoms with Crippen LogP contribution in [0.2, 0.25) is 0 Å². The molecule has 0 aliphatic heterocycles. The van der Waals surface area contributed by atoms with E-state index in [1.807, 2.05) is 42.5 Å². The van der Waals surface area contributed by atoms with Crippen molar-refractivity contribution < 1.29 is 4.79 Å². The molecular weight excluding hydrogens is 471 g/mol. The summed E-state index contributed by atoms with van der Waals surface area (Å²) in [5.74, 6) is 0.737. The first-order valence-corrected chi connectivity index (χ1v) is 9.73. The van der Waals surface area contributed by atoms with Gasteiger partial charge in [0.05, 0.1) is 0 Å². The maximum Gasteiger partial charge on any atom is 0.251 e. The van der Waals surface area contributed by atoms with Gasteiger partial charge in [0, 0.05) is 47.9 Å². The van der Waals surface area contributed by atoms with Crippen molar-refractivity contribution in [2.45, 2.75) is 39.8 Å². The molecule has 3 N–H and O–H groups in total. The highest BCUT2D eigenvalue weighted by molar-refractivity contribution is 14.0. The number of rotatable bonds is 7. The molecule has 1 atom stereocenters. The van der Waals surface area contributed by atoms with Crippen LogP contribution in [0.15, 0.2) is 41.4 Å². The van der Waals surface area contributed by atoms with Crippen molar-refractivity contribution in [3.8, 4) is 0 Å². The summed E-state index contributed by atoms with van der Waals surface area (Å²) in [5.41, 5.74) is 1.78. The van der Waals surface area contributed by atoms with Crippen LogP contribution in [-0.4, -0.2) is 31.5 Å².